The van der Waals surface area contributed by atoms with Crippen LogP contribution in [0.5, 0.6) is 5.75 Å². The molecule has 11 heteroatoms. The number of carbonyl (C=O) groups is 1. The molecule has 0 aliphatic rings. The summed E-state index contributed by atoms with van der Waals surface area (Å²) in [5.41, 5.74) is 2.74. The summed E-state index contributed by atoms with van der Waals surface area (Å²) in [6.45, 7) is 0.615. The van der Waals surface area contributed by atoms with Gasteiger partial charge in [-0.3, -0.25) is 10.3 Å². The van der Waals surface area contributed by atoms with E-state index in [-0.39, 0.29) is 12.6 Å². The number of hydrogen-bond acceptors (Lipinski definition) is 9. The van der Waals surface area contributed by atoms with Gasteiger partial charge < -0.3 is 19.3 Å². The minimum Gasteiger partial charge on any atom is -0.495 e. The number of rotatable bonds is 8. The summed E-state index contributed by atoms with van der Waals surface area (Å²) < 4.78 is 16.1. The maximum absolute atomic E-state index is 12.2. The average molecular weight is 440 g/mol. The number of aromatic nitrogens is 4. The topological polar surface area (TPSA) is 124 Å². The van der Waals surface area contributed by atoms with Crippen molar-refractivity contribution in [3.05, 3.63) is 48.4 Å². The molecular formula is C20H20N6O4S. The van der Waals surface area contributed by atoms with Gasteiger partial charge in [-0.1, -0.05) is 22.6 Å². The van der Waals surface area contributed by atoms with Gasteiger partial charge in [-0.05, 0) is 23.8 Å². The molecule has 1 aromatic carbocycles. The van der Waals surface area contributed by atoms with Gasteiger partial charge in [0, 0.05) is 31.8 Å². The summed E-state index contributed by atoms with van der Waals surface area (Å²) in [7, 11) is 3.16. The second-order valence-corrected chi connectivity index (χ2v) is 7.51. The lowest BCUT2D eigenvalue weighted by atomic mass is 10.1. The van der Waals surface area contributed by atoms with Crippen LogP contribution in [0.1, 0.15) is 11.7 Å². The number of anilines is 1. The standard InChI is InChI=1S/C20H20N6O4S/c1-28-11-18-24-17(26-30-18)5-6-22-19(27)25-20-23-15-4-3-12(8-16(15)31-20)13-7-14(29-2)10-21-9-13/h3-4,7-10H,5-6,11H2,1-2H3,(H2,22,23,25,27). The monoisotopic (exact) mass is 440 g/mol. The van der Waals surface area contributed by atoms with Gasteiger partial charge >= 0.3 is 6.03 Å². The Morgan fingerprint density at radius 1 is 1.16 bits per heavy atom. The number of thiazole rings is 1. The fraction of sp³-hybridized carbons (Fsp3) is 0.250. The Bertz CT molecular complexity index is 1190. The summed E-state index contributed by atoms with van der Waals surface area (Å²) in [5.74, 6) is 1.60. The van der Waals surface area contributed by atoms with E-state index >= 15 is 0 Å². The van der Waals surface area contributed by atoms with Crippen molar-refractivity contribution in [2.45, 2.75) is 13.0 Å². The van der Waals surface area contributed by atoms with E-state index in [4.69, 9.17) is 14.0 Å². The van der Waals surface area contributed by atoms with E-state index in [1.807, 2.05) is 24.3 Å². The molecule has 0 atom stereocenters. The Hall–Kier alpha value is -3.57. The molecule has 3 aromatic heterocycles. The minimum absolute atomic E-state index is 0.258. The van der Waals surface area contributed by atoms with Crippen molar-refractivity contribution in [1.82, 2.24) is 25.4 Å². The Labute approximate surface area is 181 Å². The normalized spacial score (nSPS) is 10.9. The highest BCUT2D eigenvalue weighted by molar-refractivity contribution is 7.22. The van der Waals surface area contributed by atoms with Gasteiger partial charge in [0.25, 0.3) is 5.89 Å². The molecule has 0 saturated carbocycles. The van der Waals surface area contributed by atoms with E-state index in [0.29, 0.717) is 35.6 Å². The minimum atomic E-state index is -0.350. The molecule has 0 bridgehead atoms. The van der Waals surface area contributed by atoms with Gasteiger partial charge in [0.15, 0.2) is 11.0 Å². The van der Waals surface area contributed by atoms with Crippen molar-refractivity contribution >= 4 is 32.7 Å². The van der Waals surface area contributed by atoms with Crippen LogP contribution < -0.4 is 15.4 Å². The van der Waals surface area contributed by atoms with Crippen molar-refractivity contribution in [2.75, 3.05) is 26.1 Å². The highest BCUT2D eigenvalue weighted by atomic mass is 32.1. The highest BCUT2D eigenvalue weighted by Crippen LogP contribution is 2.31. The molecular weight excluding hydrogens is 420 g/mol. The lowest BCUT2D eigenvalue weighted by Crippen LogP contribution is -2.30. The molecule has 0 saturated heterocycles. The molecule has 0 aliphatic carbocycles. The Kier molecular flexibility index (Phi) is 6.34. The summed E-state index contributed by atoms with van der Waals surface area (Å²) in [5, 5.41) is 9.86. The van der Waals surface area contributed by atoms with E-state index in [1.54, 1.807) is 26.6 Å². The Morgan fingerprint density at radius 2 is 2.06 bits per heavy atom. The van der Waals surface area contributed by atoms with Crippen LogP contribution in [0.2, 0.25) is 0 Å². The van der Waals surface area contributed by atoms with E-state index in [1.165, 1.54) is 11.3 Å². The summed E-state index contributed by atoms with van der Waals surface area (Å²) >= 11 is 1.39. The SMILES string of the molecule is COCc1nc(CCNC(=O)Nc2nc3ccc(-c4cncc(OC)c4)cc3s2)no1. The molecule has 10 nitrogen and oxygen atoms in total. The van der Waals surface area contributed by atoms with Crippen LogP contribution in [-0.2, 0) is 17.8 Å². The molecule has 4 rings (SSSR count). The summed E-state index contributed by atoms with van der Waals surface area (Å²) in [6.07, 6.45) is 3.88. The van der Waals surface area contributed by atoms with Crippen molar-refractivity contribution in [2.24, 2.45) is 0 Å². The third kappa shape index (κ3) is 5.13. The number of fused-ring (bicyclic) bond motifs is 1. The molecule has 0 spiro atoms. The van der Waals surface area contributed by atoms with Gasteiger partial charge in [0.2, 0.25) is 0 Å². The van der Waals surface area contributed by atoms with Crippen LogP contribution in [0.25, 0.3) is 21.3 Å². The molecule has 3 heterocycles. The second kappa shape index (κ2) is 9.49. The van der Waals surface area contributed by atoms with Crippen LogP contribution in [0.4, 0.5) is 9.93 Å². The lowest BCUT2D eigenvalue weighted by Gasteiger charge is -2.03. The average Bonchev–Trinajstić information content (AvgIpc) is 3.39. The first-order chi connectivity index (χ1) is 15.1. The Morgan fingerprint density at radius 3 is 2.90 bits per heavy atom. The molecule has 4 aromatic rings. The number of benzene rings is 1. The third-order valence-electron chi connectivity index (χ3n) is 4.30. The smallest absolute Gasteiger partial charge is 0.321 e. The first-order valence-electron chi connectivity index (χ1n) is 9.40. The number of hydrogen-bond donors (Lipinski definition) is 2. The molecule has 0 unspecified atom stereocenters. The fourth-order valence-electron chi connectivity index (χ4n) is 2.85. The van der Waals surface area contributed by atoms with Crippen LogP contribution in [0, 0.1) is 0 Å². The number of nitrogens with zero attached hydrogens (tertiary/aromatic N) is 4. The van der Waals surface area contributed by atoms with Crippen molar-refractivity contribution < 1.29 is 18.8 Å². The molecule has 2 amide bonds. The molecule has 2 N–H and O–H groups in total. The molecule has 31 heavy (non-hydrogen) atoms. The molecule has 0 aliphatic heterocycles. The lowest BCUT2D eigenvalue weighted by molar-refractivity contribution is 0.151. The summed E-state index contributed by atoms with van der Waals surface area (Å²) in [6, 6.07) is 7.46. The van der Waals surface area contributed by atoms with Gasteiger partial charge in [0.05, 0.1) is 23.5 Å². The number of urea groups is 1. The summed E-state index contributed by atoms with van der Waals surface area (Å²) in [4.78, 5) is 25.0. The second-order valence-electron chi connectivity index (χ2n) is 6.48. The molecule has 0 fully saturated rings. The van der Waals surface area contributed by atoms with Crippen LogP contribution in [0.3, 0.4) is 0 Å². The van der Waals surface area contributed by atoms with Crippen molar-refractivity contribution in [1.29, 1.82) is 0 Å². The number of nitrogens with one attached hydrogen (secondary N) is 2. The number of amides is 2. The van der Waals surface area contributed by atoms with Crippen LogP contribution in [-0.4, -0.2) is 46.9 Å². The van der Waals surface area contributed by atoms with E-state index in [9.17, 15) is 4.79 Å². The first kappa shape index (κ1) is 20.7. The largest absolute Gasteiger partial charge is 0.495 e. The maximum Gasteiger partial charge on any atom is 0.321 e. The first-order valence-corrected chi connectivity index (χ1v) is 10.2. The predicted molar refractivity (Wildman–Crippen MR) is 115 cm³/mol. The molecule has 0 radical (unpaired) electrons. The third-order valence-corrected chi connectivity index (χ3v) is 5.24. The van der Waals surface area contributed by atoms with Gasteiger partial charge in [0.1, 0.15) is 12.4 Å². The van der Waals surface area contributed by atoms with Gasteiger partial charge in [-0.25, -0.2) is 9.78 Å². The van der Waals surface area contributed by atoms with E-state index in [0.717, 1.165) is 21.3 Å². The van der Waals surface area contributed by atoms with Crippen LogP contribution >= 0.6 is 11.3 Å². The van der Waals surface area contributed by atoms with Gasteiger partial charge in [-0.15, -0.1) is 0 Å². The zero-order valence-corrected chi connectivity index (χ0v) is 17.7. The predicted octanol–water partition coefficient (Wildman–Crippen LogP) is 3.26. The van der Waals surface area contributed by atoms with Crippen molar-refractivity contribution in [3.63, 3.8) is 0 Å². The Balaban J connectivity index is 1.36. The highest BCUT2D eigenvalue weighted by Gasteiger charge is 2.11. The van der Waals surface area contributed by atoms with Crippen LogP contribution in [0.15, 0.2) is 41.2 Å². The number of methoxy groups -OCH3 is 2. The maximum atomic E-state index is 12.2. The van der Waals surface area contributed by atoms with E-state index in [2.05, 4.69) is 30.7 Å². The quantitative estimate of drug-likeness (QED) is 0.428. The molecule has 160 valence electrons. The number of carbonyl (C=O) groups excluding carboxylic acids is 1. The zero-order chi connectivity index (χ0) is 21.6. The van der Waals surface area contributed by atoms with Crippen molar-refractivity contribution in [3.8, 4) is 16.9 Å². The number of pyridine rings is 1. The number of ether oxygens (including phenoxy) is 2. The fourth-order valence-corrected chi connectivity index (χ4v) is 3.75. The van der Waals surface area contributed by atoms with E-state index < -0.39 is 0 Å². The van der Waals surface area contributed by atoms with Gasteiger partial charge in [-0.2, -0.15) is 4.98 Å². The zero-order valence-electron chi connectivity index (χ0n) is 16.9.